The second-order valence-corrected chi connectivity index (χ2v) is 10.1. The van der Waals surface area contributed by atoms with Crippen LogP contribution in [0.1, 0.15) is 32.8 Å². The first-order chi connectivity index (χ1) is 14.2. The minimum Gasteiger partial charge on any atom is -0.490 e. The summed E-state index contributed by atoms with van der Waals surface area (Å²) in [6.45, 7) is 6.21. The highest BCUT2D eigenvalue weighted by Crippen LogP contribution is 2.39. The molecular formula is C20H24BrNO5S3. The van der Waals surface area contributed by atoms with E-state index in [9.17, 15) is 14.7 Å². The van der Waals surface area contributed by atoms with Crippen LogP contribution in [0.5, 0.6) is 11.5 Å². The molecule has 1 aromatic carbocycles. The summed E-state index contributed by atoms with van der Waals surface area (Å²) in [5, 5.41) is 9.58. The monoisotopic (exact) mass is 533 g/mol. The second-order valence-electron chi connectivity index (χ2n) is 6.61. The molecule has 1 atom stereocenters. The van der Waals surface area contributed by atoms with E-state index in [1.165, 1.54) is 16.7 Å². The molecule has 2 rings (SSSR count). The van der Waals surface area contributed by atoms with Gasteiger partial charge in [0, 0.05) is 4.47 Å². The van der Waals surface area contributed by atoms with Gasteiger partial charge in [-0.2, -0.15) is 11.8 Å². The number of carbonyl (C=O) groups excluding carboxylic acids is 1. The Balaban J connectivity index is 2.38. The van der Waals surface area contributed by atoms with Gasteiger partial charge in [0.15, 0.2) is 11.5 Å². The van der Waals surface area contributed by atoms with Crippen LogP contribution in [0.4, 0.5) is 0 Å². The predicted octanol–water partition coefficient (Wildman–Crippen LogP) is 5.04. The molecule has 0 bridgehead atoms. The summed E-state index contributed by atoms with van der Waals surface area (Å²) in [6, 6.07) is 2.62. The highest BCUT2D eigenvalue weighted by molar-refractivity contribution is 9.10. The normalized spacial score (nSPS) is 16.5. The first-order valence-corrected chi connectivity index (χ1v) is 12.7. The number of aliphatic carboxylic acids is 1. The van der Waals surface area contributed by atoms with Crippen molar-refractivity contribution in [3.05, 3.63) is 27.1 Å². The summed E-state index contributed by atoms with van der Waals surface area (Å²) in [5.41, 5.74) is 0.714. The Morgan fingerprint density at radius 2 is 2.10 bits per heavy atom. The number of carboxylic acids is 1. The van der Waals surface area contributed by atoms with Crippen LogP contribution in [0, 0.1) is 0 Å². The topological polar surface area (TPSA) is 76.1 Å². The Hall–Kier alpha value is -1.23. The number of nitrogens with zero attached hydrogens (tertiary/aromatic N) is 1. The van der Waals surface area contributed by atoms with Crippen LogP contribution in [0.2, 0.25) is 0 Å². The fraction of sp³-hybridized carbons (Fsp3) is 0.450. The highest BCUT2D eigenvalue weighted by Gasteiger charge is 2.40. The van der Waals surface area contributed by atoms with E-state index in [2.05, 4.69) is 15.9 Å². The Labute approximate surface area is 198 Å². The molecular weight excluding hydrogens is 510 g/mol. The number of thioether (sulfide) groups is 2. The molecule has 1 aliphatic rings. The van der Waals surface area contributed by atoms with E-state index in [1.54, 1.807) is 18.2 Å². The SMILES string of the molecule is CCOc1cc(/C=C2\SC(=S)N(C(CCSC)C(=O)O)C2=O)c(Br)cc1OC(C)C. The molecule has 1 N–H and O–H groups in total. The quantitative estimate of drug-likeness (QED) is 0.331. The molecule has 6 nitrogen and oxygen atoms in total. The summed E-state index contributed by atoms with van der Waals surface area (Å²) in [7, 11) is 0. The van der Waals surface area contributed by atoms with Crippen LogP contribution >= 0.6 is 51.7 Å². The standard InChI is InChI=1S/C20H24BrNO5S3/c1-5-26-15-8-12(13(21)10-16(15)27-11(2)3)9-17-18(23)22(20(28)30-17)14(19(24)25)6-7-29-4/h8-11,14H,5-7H2,1-4H3,(H,24,25)/b17-9-. The third-order valence-electron chi connectivity index (χ3n) is 4.03. The molecule has 0 aliphatic carbocycles. The number of carboxylic acid groups (broad SMARTS) is 1. The maximum absolute atomic E-state index is 13.0. The fourth-order valence-corrected chi connectivity index (χ4v) is 5.00. The molecule has 1 aliphatic heterocycles. The van der Waals surface area contributed by atoms with E-state index in [0.717, 1.165) is 16.2 Å². The van der Waals surface area contributed by atoms with Crippen LogP contribution in [0.15, 0.2) is 21.5 Å². The maximum Gasteiger partial charge on any atom is 0.326 e. The Kier molecular flexibility index (Phi) is 9.52. The van der Waals surface area contributed by atoms with Gasteiger partial charge in [0.1, 0.15) is 10.4 Å². The summed E-state index contributed by atoms with van der Waals surface area (Å²) in [4.78, 5) is 26.3. The number of hydrogen-bond acceptors (Lipinski definition) is 7. The predicted molar refractivity (Wildman–Crippen MR) is 131 cm³/mol. The zero-order valence-electron chi connectivity index (χ0n) is 17.1. The smallest absolute Gasteiger partial charge is 0.326 e. The van der Waals surface area contributed by atoms with Crippen LogP contribution < -0.4 is 9.47 Å². The zero-order chi connectivity index (χ0) is 22.4. The van der Waals surface area contributed by atoms with E-state index in [4.69, 9.17) is 21.7 Å². The maximum atomic E-state index is 13.0. The first-order valence-electron chi connectivity index (χ1n) is 9.31. The lowest BCUT2D eigenvalue weighted by Gasteiger charge is -2.22. The number of carbonyl (C=O) groups is 2. The molecule has 10 heteroatoms. The zero-order valence-corrected chi connectivity index (χ0v) is 21.2. The molecule has 164 valence electrons. The van der Waals surface area contributed by atoms with E-state index in [0.29, 0.717) is 40.7 Å². The van der Waals surface area contributed by atoms with Gasteiger partial charge in [-0.3, -0.25) is 9.69 Å². The molecule has 0 saturated carbocycles. The van der Waals surface area contributed by atoms with Gasteiger partial charge in [0.05, 0.1) is 17.6 Å². The lowest BCUT2D eigenvalue weighted by Crippen LogP contribution is -2.44. The van der Waals surface area contributed by atoms with Crippen molar-refractivity contribution >= 4 is 73.9 Å². The van der Waals surface area contributed by atoms with Crippen molar-refractivity contribution in [2.75, 3.05) is 18.6 Å². The van der Waals surface area contributed by atoms with E-state index in [-0.39, 0.29) is 10.4 Å². The lowest BCUT2D eigenvalue weighted by molar-refractivity contribution is -0.145. The van der Waals surface area contributed by atoms with Crippen molar-refractivity contribution in [2.45, 2.75) is 39.3 Å². The number of rotatable bonds is 10. The molecule has 1 saturated heterocycles. The average Bonchev–Trinajstić information content (AvgIpc) is 2.93. The van der Waals surface area contributed by atoms with Crippen molar-refractivity contribution in [1.82, 2.24) is 4.90 Å². The Bertz CT molecular complexity index is 859. The van der Waals surface area contributed by atoms with Gasteiger partial charge in [-0.25, -0.2) is 4.79 Å². The molecule has 0 radical (unpaired) electrons. The van der Waals surface area contributed by atoms with E-state index < -0.39 is 17.9 Å². The van der Waals surface area contributed by atoms with Gasteiger partial charge in [0.25, 0.3) is 5.91 Å². The van der Waals surface area contributed by atoms with Crippen LogP contribution in [-0.4, -0.2) is 57.0 Å². The molecule has 30 heavy (non-hydrogen) atoms. The molecule has 1 heterocycles. The minimum atomic E-state index is -1.06. The highest BCUT2D eigenvalue weighted by atomic mass is 79.9. The van der Waals surface area contributed by atoms with Gasteiger partial charge in [-0.05, 0) is 63.0 Å². The molecule has 1 amide bonds. The minimum absolute atomic E-state index is 0.0209. The molecule has 0 aromatic heterocycles. The fourth-order valence-electron chi connectivity index (χ4n) is 2.76. The first kappa shape index (κ1) is 25.0. The molecule has 0 spiro atoms. The van der Waals surface area contributed by atoms with Gasteiger partial charge < -0.3 is 14.6 Å². The number of ether oxygens (including phenoxy) is 2. The Morgan fingerprint density at radius 1 is 1.40 bits per heavy atom. The van der Waals surface area contributed by atoms with Crippen molar-refractivity contribution in [2.24, 2.45) is 0 Å². The van der Waals surface area contributed by atoms with E-state index in [1.807, 2.05) is 27.0 Å². The number of benzene rings is 1. The third-order valence-corrected chi connectivity index (χ3v) is 6.69. The van der Waals surface area contributed by atoms with Crippen molar-refractivity contribution in [3.8, 4) is 11.5 Å². The second kappa shape index (κ2) is 11.4. The number of halogens is 1. The van der Waals surface area contributed by atoms with Crippen molar-refractivity contribution in [1.29, 1.82) is 0 Å². The van der Waals surface area contributed by atoms with Crippen molar-refractivity contribution < 1.29 is 24.2 Å². The number of amides is 1. The summed E-state index contributed by atoms with van der Waals surface area (Å²) >= 11 is 11.5. The average molecular weight is 535 g/mol. The Morgan fingerprint density at radius 3 is 2.67 bits per heavy atom. The molecule has 1 unspecified atom stereocenters. The molecule has 1 fully saturated rings. The van der Waals surface area contributed by atoms with Crippen LogP contribution in [-0.2, 0) is 9.59 Å². The summed E-state index contributed by atoms with van der Waals surface area (Å²) in [5.74, 6) is 0.335. The van der Waals surface area contributed by atoms with Gasteiger partial charge in [0.2, 0.25) is 0 Å². The van der Waals surface area contributed by atoms with E-state index >= 15 is 0 Å². The third kappa shape index (κ3) is 6.15. The van der Waals surface area contributed by atoms with Crippen molar-refractivity contribution in [3.63, 3.8) is 0 Å². The summed E-state index contributed by atoms with van der Waals surface area (Å²) in [6.07, 6.45) is 3.89. The van der Waals surface area contributed by atoms with Gasteiger partial charge in [-0.15, -0.1) is 0 Å². The van der Waals surface area contributed by atoms with Crippen LogP contribution in [0.25, 0.3) is 6.08 Å². The van der Waals surface area contributed by atoms with Gasteiger partial charge >= 0.3 is 5.97 Å². The lowest BCUT2D eigenvalue weighted by atomic mass is 10.1. The van der Waals surface area contributed by atoms with Crippen LogP contribution in [0.3, 0.4) is 0 Å². The largest absolute Gasteiger partial charge is 0.490 e. The number of hydrogen-bond donors (Lipinski definition) is 1. The van der Waals surface area contributed by atoms with Gasteiger partial charge in [-0.1, -0.05) is 39.9 Å². The molecule has 1 aromatic rings. The number of thiocarbonyl (C=S) groups is 1. The summed E-state index contributed by atoms with van der Waals surface area (Å²) < 4.78 is 12.5.